The summed E-state index contributed by atoms with van der Waals surface area (Å²) in [5.74, 6) is -0.574. The van der Waals surface area contributed by atoms with E-state index in [2.05, 4.69) is 16.0 Å². The largest absolute Gasteiger partial charge is 0.332 e. The minimum absolute atomic E-state index is 0.0251. The number of carbonyl (C=O) groups is 2. The minimum Gasteiger partial charge on any atom is -0.332 e. The number of hydrogen-bond donors (Lipinski definition) is 3. The standard InChI is InChI=1S/C21H22N4O4S/c1-21(2,3)19(27)22-15-5-4-6-16(13-15)23-20(30)24-18(26)12-9-14-7-10-17(11-8-14)25(28)29/h4-13H,1-3H3,(H,22,27)(H2,23,24,26,30)/b12-9+. The van der Waals surface area contributed by atoms with Gasteiger partial charge < -0.3 is 10.6 Å². The van der Waals surface area contributed by atoms with Crippen LogP contribution in [0.15, 0.2) is 54.6 Å². The second-order valence-corrected chi connectivity index (χ2v) is 7.82. The van der Waals surface area contributed by atoms with Crippen LogP contribution in [0, 0.1) is 15.5 Å². The molecule has 2 rings (SSSR count). The molecule has 30 heavy (non-hydrogen) atoms. The van der Waals surface area contributed by atoms with Crippen LogP contribution < -0.4 is 16.0 Å². The van der Waals surface area contributed by atoms with E-state index in [-0.39, 0.29) is 16.7 Å². The van der Waals surface area contributed by atoms with E-state index < -0.39 is 16.2 Å². The number of nitrogens with zero attached hydrogens (tertiary/aromatic N) is 1. The van der Waals surface area contributed by atoms with Crippen LogP contribution in [0.4, 0.5) is 17.1 Å². The Balaban J connectivity index is 1.92. The fourth-order valence-electron chi connectivity index (χ4n) is 2.19. The van der Waals surface area contributed by atoms with Crippen molar-refractivity contribution < 1.29 is 14.5 Å². The van der Waals surface area contributed by atoms with E-state index in [1.165, 1.54) is 36.4 Å². The SMILES string of the molecule is CC(C)(C)C(=O)Nc1cccc(NC(=S)NC(=O)/C=C/c2ccc([N+](=O)[O-])cc2)c1. The van der Waals surface area contributed by atoms with Gasteiger partial charge in [-0.25, -0.2) is 0 Å². The molecule has 0 atom stereocenters. The third-order valence-electron chi connectivity index (χ3n) is 3.83. The zero-order valence-corrected chi connectivity index (χ0v) is 17.6. The zero-order chi connectivity index (χ0) is 22.3. The van der Waals surface area contributed by atoms with Crippen LogP contribution in [0.1, 0.15) is 26.3 Å². The number of hydrogen-bond acceptors (Lipinski definition) is 5. The normalized spacial score (nSPS) is 11.0. The Labute approximate surface area is 179 Å². The van der Waals surface area contributed by atoms with Gasteiger partial charge in [-0.1, -0.05) is 26.8 Å². The lowest BCUT2D eigenvalue weighted by molar-refractivity contribution is -0.384. The van der Waals surface area contributed by atoms with Crippen LogP contribution in [0.25, 0.3) is 6.08 Å². The Morgan fingerprint density at radius 3 is 2.20 bits per heavy atom. The summed E-state index contributed by atoms with van der Waals surface area (Å²) in [6.07, 6.45) is 2.79. The van der Waals surface area contributed by atoms with Crippen molar-refractivity contribution in [3.8, 4) is 0 Å². The maximum atomic E-state index is 12.1. The summed E-state index contributed by atoms with van der Waals surface area (Å²) in [5.41, 5.74) is 1.29. The van der Waals surface area contributed by atoms with Gasteiger partial charge in [0.1, 0.15) is 0 Å². The van der Waals surface area contributed by atoms with E-state index in [1.807, 2.05) is 20.8 Å². The number of anilines is 2. The first-order valence-corrected chi connectivity index (χ1v) is 9.41. The average Bonchev–Trinajstić information content (AvgIpc) is 2.66. The van der Waals surface area contributed by atoms with Crippen molar-refractivity contribution in [2.45, 2.75) is 20.8 Å². The quantitative estimate of drug-likeness (QED) is 0.287. The van der Waals surface area contributed by atoms with Crippen LogP contribution in [0.2, 0.25) is 0 Å². The number of nitro groups is 1. The van der Waals surface area contributed by atoms with Gasteiger partial charge in [0.2, 0.25) is 11.8 Å². The second-order valence-electron chi connectivity index (χ2n) is 7.41. The van der Waals surface area contributed by atoms with Gasteiger partial charge in [0.15, 0.2) is 5.11 Å². The first-order valence-electron chi connectivity index (χ1n) is 9.00. The maximum Gasteiger partial charge on any atom is 0.269 e. The summed E-state index contributed by atoms with van der Waals surface area (Å²) < 4.78 is 0. The number of thiocarbonyl (C=S) groups is 1. The molecule has 2 amide bonds. The molecule has 0 unspecified atom stereocenters. The van der Waals surface area contributed by atoms with Crippen molar-refractivity contribution in [3.63, 3.8) is 0 Å². The molecule has 0 aliphatic heterocycles. The maximum absolute atomic E-state index is 12.1. The Kier molecular flexibility index (Phi) is 7.38. The number of non-ortho nitro benzene ring substituents is 1. The van der Waals surface area contributed by atoms with Gasteiger partial charge in [-0.15, -0.1) is 0 Å². The predicted molar refractivity (Wildman–Crippen MR) is 121 cm³/mol. The molecule has 0 saturated heterocycles. The van der Waals surface area contributed by atoms with Crippen molar-refractivity contribution in [1.29, 1.82) is 0 Å². The van der Waals surface area contributed by atoms with E-state index in [0.29, 0.717) is 16.9 Å². The summed E-state index contributed by atoms with van der Waals surface area (Å²) in [7, 11) is 0. The number of carbonyl (C=O) groups excluding carboxylic acids is 2. The Morgan fingerprint density at radius 1 is 1.03 bits per heavy atom. The molecular weight excluding hydrogens is 404 g/mol. The summed E-state index contributed by atoms with van der Waals surface area (Å²) in [6, 6.07) is 12.7. The molecule has 156 valence electrons. The topological polar surface area (TPSA) is 113 Å². The van der Waals surface area contributed by atoms with Crippen LogP contribution in [0.3, 0.4) is 0 Å². The van der Waals surface area contributed by atoms with Crippen molar-refractivity contribution >= 4 is 52.3 Å². The fourth-order valence-corrected chi connectivity index (χ4v) is 2.41. The molecule has 0 aliphatic rings. The average molecular weight is 426 g/mol. The van der Waals surface area contributed by atoms with Crippen molar-refractivity contribution in [2.75, 3.05) is 10.6 Å². The van der Waals surface area contributed by atoms with Crippen LogP contribution >= 0.6 is 12.2 Å². The van der Waals surface area contributed by atoms with Gasteiger partial charge >= 0.3 is 0 Å². The lowest BCUT2D eigenvalue weighted by atomic mass is 9.95. The first-order chi connectivity index (χ1) is 14.0. The number of nitro benzene ring substituents is 1. The third kappa shape index (κ3) is 7.10. The predicted octanol–water partition coefficient (Wildman–Crippen LogP) is 4.11. The molecule has 3 N–H and O–H groups in total. The molecule has 2 aromatic rings. The van der Waals surface area contributed by atoms with Crippen LogP contribution in [-0.4, -0.2) is 21.9 Å². The number of benzene rings is 2. The Bertz CT molecular complexity index is 995. The highest BCUT2D eigenvalue weighted by molar-refractivity contribution is 7.80. The molecule has 0 saturated carbocycles. The molecule has 0 aromatic heterocycles. The third-order valence-corrected chi connectivity index (χ3v) is 4.03. The van der Waals surface area contributed by atoms with Crippen LogP contribution in [-0.2, 0) is 9.59 Å². The summed E-state index contributed by atoms with van der Waals surface area (Å²) in [6.45, 7) is 5.46. The molecule has 0 heterocycles. The van der Waals surface area contributed by atoms with E-state index in [9.17, 15) is 19.7 Å². The molecule has 0 aliphatic carbocycles. The first kappa shape index (κ1) is 22.7. The zero-order valence-electron chi connectivity index (χ0n) is 16.8. The summed E-state index contributed by atoms with van der Waals surface area (Å²) >= 11 is 5.14. The molecule has 0 fully saturated rings. The number of rotatable bonds is 5. The van der Waals surface area contributed by atoms with Gasteiger partial charge in [0, 0.05) is 35.0 Å². The van der Waals surface area contributed by atoms with E-state index in [1.54, 1.807) is 24.3 Å². The van der Waals surface area contributed by atoms with Crippen molar-refractivity contribution in [2.24, 2.45) is 5.41 Å². The Morgan fingerprint density at radius 2 is 1.63 bits per heavy atom. The van der Waals surface area contributed by atoms with E-state index >= 15 is 0 Å². The number of nitrogens with one attached hydrogen (secondary N) is 3. The van der Waals surface area contributed by atoms with Gasteiger partial charge in [0.25, 0.3) is 5.69 Å². The van der Waals surface area contributed by atoms with E-state index in [4.69, 9.17) is 12.2 Å². The number of amides is 2. The fraction of sp³-hybridized carbons (Fsp3) is 0.190. The summed E-state index contributed by atoms with van der Waals surface area (Å²) in [4.78, 5) is 34.3. The van der Waals surface area contributed by atoms with Gasteiger partial charge in [-0.2, -0.15) is 0 Å². The molecule has 8 nitrogen and oxygen atoms in total. The van der Waals surface area contributed by atoms with Gasteiger partial charge in [-0.05, 0) is 54.2 Å². The lowest BCUT2D eigenvalue weighted by Gasteiger charge is -2.18. The molecular formula is C21H22N4O4S. The summed E-state index contributed by atoms with van der Waals surface area (Å²) in [5, 5.41) is 19.0. The van der Waals surface area contributed by atoms with Gasteiger partial charge in [-0.3, -0.25) is 25.0 Å². The monoisotopic (exact) mass is 426 g/mol. The highest BCUT2D eigenvalue weighted by Gasteiger charge is 2.21. The minimum atomic E-state index is -0.525. The molecule has 0 spiro atoms. The lowest BCUT2D eigenvalue weighted by Crippen LogP contribution is -2.32. The smallest absolute Gasteiger partial charge is 0.269 e. The van der Waals surface area contributed by atoms with Crippen molar-refractivity contribution in [1.82, 2.24) is 5.32 Å². The van der Waals surface area contributed by atoms with Crippen molar-refractivity contribution in [3.05, 3.63) is 70.3 Å². The molecule has 9 heteroatoms. The Hall–Kier alpha value is -3.59. The highest BCUT2D eigenvalue weighted by Crippen LogP contribution is 2.20. The highest BCUT2D eigenvalue weighted by atomic mass is 32.1. The van der Waals surface area contributed by atoms with Crippen LogP contribution in [0.5, 0.6) is 0 Å². The second kappa shape index (κ2) is 9.75. The van der Waals surface area contributed by atoms with E-state index in [0.717, 1.165) is 0 Å². The molecule has 2 aromatic carbocycles. The molecule has 0 radical (unpaired) electrons. The van der Waals surface area contributed by atoms with Gasteiger partial charge in [0.05, 0.1) is 4.92 Å². The molecule has 0 bridgehead atoms.